The average Bonchev–Trinajstić information content (AvgIpc) is 3.83. The van der Waals surface area contributed by atoms with Gasteiger partial charge >= 0.3 is 324 Å². The monoisotopic (exact) mass is 758 g/mol. The predicted molar refractivity (Wildman–Crippen MR) is 222 cm³/mol. The molecule has 264 valence electrons. The summed E-state index contributed by atoms with van der Waals surface area (Å²) in [5, 5.41) is 0. The van der Waals surface area contributed by atoms with Crippen molar-refractivity contribution in [3.63, 3.8) is 0 Å². The number of benzene rings is 4. The van der Waals surface area contributed by atoms with Crippen LogP contribution in [0.4, 0.5) is 0 Å². The van der Waals surface area contributed by atoms with E-state index in [-0.39, 0.29) is 21.7 Å². The van der Waals surface area contributed by atoms with Crippen LogP contribution in [0.2, 0.25) is 0 Å². The minimum atomic E-state index is -2.68. The fourth-order valence-corrected chi connectivity index (χ4v) is 19.6. The molecule has 1 heteroatoms. The van der Waals surface area contributed by atoms with E-state index in [2.05, 4.69) is 178 Å². The Morgan fingerprint density at radius 1 is 0.654 bits per heavy atom. The summed E-state index contributed by atoms with van der Waals surface area (Å²) >= 11 is -2.68. The summed E-state index contributed by atoms with van der Waals surface area (Å²) < 4.78 is 5.34. The summed E-state index contributed by atoms with van der Waals surface area (Å²) in [6.45, 7) is 24.5. The SMILES string of the molecule is CC(C)(C)C1=CC(C)(C)c2cc3c(cc21)-c1cc2c(cc1C3)C(C)(C)[C]([Zr]([C]1=CC=CC1)=[C](Cc1ccccc1)Cc1ccccc1)=C2C(C)(C)C. The Balaban J connectivity index is 1.37. The van der Waals surface area contributed by atoms with Gasteiger partial charge in [-0.05, 0) is 0 Å². The van der Waals surface area contributed by atoms with Crippen LogP contribution in [0.1, 0.15) is 120 Å². The van der Waals surface area contributed by atoms with Crippen LogP contribution in [-0.2, 0) is 51.4 Å². The molecule has 0 fully saturated rings. The quantitative estimate of drug-likeness (QED) is 0.162. The van der Waals surface area contributed by atoms with Gasteiger partial charge in [-0.25, -0.2) is 0 Å². The molecule has 0 aliphatic heterocycles. The summed E-state index contributed by atoms with van der Waals surface area (Å²) in [5.74, 6) is 0. The summed E-state index contributed by atoms with van der Waals surface area (Å²) in [4.78, 5) is 0. The van der Waals surface area contributed by atoms with Crippen LogP contribution >= 0.6 is 0 Å². The van der Waals surface area contributed by atoms with E-state index in [4.69, 9.17) is 0 Å². The first-order valence-corrected chi connectivity index (χ1v) is 23.2. The van der Waals surface area contributed by atoms with Crippen molar-refractivity contribution in [1.82, 2.24) is 0 Å². The van der Waals surface area contributed by atoms with Gasteiger partial charge in [0.15, 0.2) is 0 Å². The molecule has 4 aliphatic carbocycles. The molecule has 0 nitrogen and oxygen atoms in total. The normalized spacial score (nSPS) is 17.8. The molecule has 0 spiro atoms. The van der Waals surface area contributed by atoms with Gasteiger partial charge in [0.05, 0.1) is 0 Å². The third-order valence-electron chi connectivity index (χ3n) is 12.2. The van der Waals surface area contributed by atoms with Crippen molar-refractivity contribution >= 4 is 14.4 Å². The molecule has 0 aromatic heterocycles. The third-order valence-corrected chi connectivity index (χ3v) is 20.7. The molecule has 8 rings (SSSR count). The molecule has 4 aromatic rings. The summed E-state index contributed by atoms with van der Waals surface area (Å²) in [6, 6.07) is 33.1. The summed E-state index contributed by atoms with van der Waals surface area (Å²) in [6.07, 6.45) is 14.1. The molecule has 0 amide bonds. The summed E-state index contributed by atoms with van der Waals surface area (Å²) in [7, 11) is 0. The standard InChI is InChI=1S/C31H37.C15H14.C5H5.Zr/c1-28(2,3)26-16-30(7,8)24-12-18-11-19-13-25-23(15-21(19)20(18)14-22(24)26)27(29(4,5)6)17-31(25,9)10;1-3-8-14(9-4-1)12-7-13-15-10-5-2-6-11-15;1-2-4-5-3-1;/h12-16H,11H2,1-10H3;1-6,8-11H,12-13H2;1-3H,4H2;. The zero-order valence-corrected chi connectivity index (χ0v) is 35.7. The first kappa shape index (κ1) is 35.6. The van der Waals surface area contributed by atoms with Crippen molar-refractivity contribution < 1.29 is 21.3 Å². The number of hydrogen-bond donors (Lipinski definition) is 0. The first-order valence-electron chi connectivity index (χ1n) is 19.5. The maximum atomic E-state index is 2.66. The van der Waals surface area contributed by atoms with E-state index < -0.39 is 21.3 Å². The minimum absolute atomic E-state index is 0.0145. The van der Waals surface area contributed by atoms with Crippen LogP contribution in [0.3, 0.4) is 0 Å². The van der Waals surface area contributed by atoms with Crippen LogP contribution < -0.4 is 0 Å². The Kier molecular flexibility index (Phi) is 8.62. The Labute approximate surface area is 321 Å². The van der Waals surface area contributed by atoms with E-state index in [9.17, 15) is 0 Å². The maximum absolute atomic E-state index is 2.68. The molecule has 0 unspecified atom stereocenters. The fourth-order valence-electron chi connectivity index (χ4n) is 9.82. The summed E-state index contributed by atoms with van der Waals surface area (Å²) in [5.41, 5.74) is 18.2. The zero-order valence-electron chi connectivity index (χ0n) is 33.2. The van der Waals surface area contributed by atoms with Crippen LogP contribution in [0.25, 0.3) is 22.3 Å². The van der Waals surface area contributed by atoms with Crippen LogP contribution in [0, 0.1) is 10.8 Å². The number of fused-ring (bicyclic) bond motifs is 5. The Morgan fingerprint density at radius 2 is 1.21 bits per heavy atom. The van der Waals surface area contributed by atoms with Crippen molar-refractivity contribution in [2.24, 2.45) is 10.8 Å². The molecule has 4 aliphatic rings. The second kappa shape index (κ2) is 12.6. The molecule has 0 radical (unpaired) electrons. The van der Waals surface area contributed by atoms with E-state index in [0.717, 1.165) is 25.7 Å². The average molecular weight is 760 g/mol. The van der Waals surface area contributed by atoms with E-state index in [1.165, 1.54) is 55.6 Å². The number of rotatable bonds is 6. The molecular weight excluding hydrogens is 704 g/mol. The van der Waals surface area contributed by atoms with E-state index in [1.54, 1.807) is 17.6 Å². The van der Waals surface area contributed by atoms with E-state index in [0.29, 0.717) is 0 Å². The molecular formula is C51H56Zr. The molecule has 0 saturated carbocycles. The zero-order chi connectivity index (χ0) is 36.8. The van der Waals surface area contributed by atoms with Gasteiger partial charge in [-0.15, -0.1) is 0 Å². The molecule has 4 aromatic carbocycles. The third kappa shape index (κ3) is 6.04. The van der Waals surface area contributed by atoms with Gasteiger partial charge in [-0.3, -0.25) is 0 Å². The van der Waals surface area contributed by atoms with Gasteiger partial charge in [-0.2, -0.15) is 0 Å². The second-order valence-corrected chi connectivity index (χ2v) is 25.5. The van der Waals surface area contributed by atoms with Crippen LogP contribution in [0.15, 0.2) is 116 Å². The van der Waals surface area contributed by atoms with Crippen LogP contribution in [-0.4, -0.2) is 3.21 Å². The van der Waals surface area contributed by atoms with Gasteiger partial charge in [0.25, 0.3) is 0 Å². The van der Waals surface area contributed by atoms with Gasteiger partial charge in [0, 0.05) is 0 Å². The molecule has 0 saturated heterocycles. The van der Waals surface area contributed by atoms with Gasteiger partial charge < -0.3 is 0 Å². The molecule has 0 bridgehead atoms. The molecule has 0 atom stereocenters. The Hall–Kier alpha value is -3.41. The van der Waals surface area contributed by atoms with Crippen molar-refractivity contribution in [1.29, 1.82) is 0 Å². The van der Waals surface area contributed by atoms with Crippen molar-refractivity contribution in [2.75, 3.05) is 0 Å². The molecule has 0 heterocycles. The van der Waals surface area contributed by atoms with E-state index in [1.807, 2.05) is 3.28 Å². The van der Waals surface area contributed by atoms with Gasteiger partial charge in [0.1, 0.15) is 0 Å². The fraction of sp³-hybridized carbons (Fsp3) is 0.353. The topological polar surface area (TPSA) is 0 Å². The van der Waals surface area contributed by atoms with Gasteiger partial charge in [0.2, 0.25) is 0 Å². The predicted octanol–water partition coefficient (Wildman–Crippen LogP) is 13.1. The Bertz CT molecular complexity index is 2220. The van der Waals surface area contributed by atoms with E-state index >= 15 is 0 Å². The molecule has 52 heavy (non-hydrogen) atoms. The van der Waals surface area contributed by atoms with Crippen molar-refractivity contribution in [2.45, 2.75) is 106 Å². The molecule has 0 N–H and O–H groups in total. The second-order valence-electron chi connectivity index (χ2n) is 19.1. The Morgan fingerprint density at radius 3 is 1.73 bits per heavy atom. The van der Waals surface area contributed by atoms with Crippen molar-refractivity contribution in [3.8, 4) is 11.1 Å². The number of hydrogen-bond acceptors (Lipinski definition) is 0. The van der Waals surface area contributed by atoms with Crippen LogP contribution in [0.5, 0.6) is 0 Å². The van der Waals surface area contributed by atoms with Crippen molar-refractivity contribution in [3.05, 3.63) is 160 Å². The number of allylic oxidation sites excluding steroid dienone is 8. The first-order chi connectivity index (χ1) is 24.5. The van der Waals surface area contributed by atoms with Gasteiger partial charge in [-0.1, -0.05) is 0 Å².